The Hall–Kier alpha value is -12.1. The van der Waals surface area contributed by atoms with E-state index in [0.29, 0.717) is 34.2 Å². The van der Waals surface area contributed by atoms with E-state index in [1.165, 1.54) is 83.0 Å². The van der Waals surface area contributed by atoms with Crippen LogP contribution in [-0.2, 0) is 0 Å². The van der Waals surface area contributed by atoms with Crippen LogP contribution in [0, 0.1) is 0 Å². The minimum Gasteiger partial charge on any atom is -0.478 e. The first-order valence-corrected chi connectivity index (χ1v) is 29.7. The molecule has 8 nitrogen and oxygen atoms in total. The van der Waals surface area contributed by atoms with E-state index in [0.717, 1.165) is 56.4 Å². The lowest BCUT2D eigenvalue weighted by molar-refractivity contribution is 0.0696. The molecule has 0 unspecified atom stereocenters. The van der Waals surface area contributed by atoms with E-state index in [9.17, 15) is 9.90 Å². The van der Waals surface area contributed by atoms with Gasteiger partial charge in [-0.15, -0.1) is 0 Å². The van der Waals surface area contributed by atoms with Crippen molar-refractivity contribution in [2.75, 3.05) is 9.80 Å². The zero-order valence-corrected chi connectivity index (χ0v) is 48.0. The topological polar surface area (TPSA) is 95.3 Å². The highest BCUT2D eigenvalue weighted by atomic mass is 16.4. The van der Waals surface area contributed by atoms with Crippen molar-refractivity contribution in [3.63, 3.8) is 0 Å². The summed E-state index contributed by atoms with van der Waals surface area (Å²) in [6, 6.07) is 95.3. The number of para-hydroxylation sites is 2. The number of carbonyl (C=O) groups is 1. The zero-order chi connectivity index (χ0) is 59.4. The summed E-state index contributed by atoms with van der Waals surface area (Å²) in [7, 11) is 0. The number of hydrogen-bond donors (Lipinski definition) is 1. The Morgan fingerprint density at radius 3 is 1.12 bits per heavy atom. The fourth-order valence-electron chi connectivity index (χ4n) is 12.7. The summed E-state index contributed by atoms with van der Waals surface area (Å²) in [5.41, 5.74) is 14.0. The van der Waals surface area contributed by atoms with E-state index < -0.39 is 5.97 Å². The third-order valence-electron chi connectivity index (χ3n) is 16.9. The van der Waals surface area contributed by atoms with Crippen LogP contribution in [0.15, 0.2) is 285 Å². The average Bonchev–Trinajstić information content (AvgIpc) is 1.06. The van der Waals surface area contributed by atoms with Gasteiger partial charge < -0.3 is 14.9 Å². The second kappa shape index (κ2) is 22.1. The molecule has 4 heterocycles. The molecule has 0 spiro atoms. The number of anilines is 6. The fourth-order valence-corrected chi connectivity index (χ4v) is 12.7. The average molecular weight is 1140 g/mol. The maximum Gasteiger partial charge on any atom is 0.335 e. The largest absolute Gasteiger partial charge is 0.478 e. The standard InChI is InChI=1S/C81H52N6O2/c88-81(89)64-41-43-83-74(51-64)71-18-9-19-72(84-71)75-45-55(23-21-53-26-38-68(39-27-53)87(66-16-5-2-6-17-66)70-49-62-34-30-58-12-8-13-59-31-35-63(50-70)80(62)78(58)59)46-76(85-75)73-44-54(40-42-82-73)22-20-52-24-36-67(37-25-52)86(65-14-3-1-4-15-65)69-47-60-32-28-56-10-7-11-57-29-33-61(48-69)79(60)77(56)57/h1-51H,(H,88,89)/b22-20+,23-21+. The minimum absolute atomic E-state index is 0.130. The highest BCUT2D eigenvalue weighted by Gasteiger charge is 2.20. The number of nitrogens with zero attached hydrogens (tertiary/aromatic N) is 6. The Kier molecular flexibility index (Phi) is 13.0. The number of aromatic nitrogens is 4. The van der Waals surface area contributed by atoms with Gasteiger partial charge in [0.15, 0.2) is 0 Å². The summed E-state index contributed by atoms with van der Waals surface area (Å²) in [5, 5.41) is 24.8. The molecule has 0 fully saturated rings. The Morgan fingerprint density at radius 2 is 0.640 bits per heavy atom. The second-order valence-electron chi connectivity index (χ2n) is 22.4. The second-order valence-corrected chi connectivity index (χ2v) is 22.4. The van der Waals surface area contributed by atoms with Crippen molar-refractivity contribution in [2.45, 2.75) is 0 Å². The SMILES string of the molecule is O=C(O)c1ccnc(-c2cccc(-c3cc(/C=C/c4ccc(N(c5ccccc5)c5cc6ccc7cccc8ccc(c5)c6c78)cc4)cc(-c4cc(/C=C/c5ccc(N(c6ccccc6)c6cc7ccc8cccc9ccc(c6)c7c89)cc5)ccn4)n3)n2)c1. The summed E-state index contributed by atoms with van der Waals surface area (Å²) < 4.78 is 0. The first kappa shape index (κ1) is 52.4. The number of aromatic carboxylic acids is 1. The predicted octanol–water partition coefficient (Wildman–Crippen LogP) is 21.0. The van der Waals surface area contributed by atoms with E-state index in [1.807, 2.05) is 42.6 Å². The quantitative estimate of drug-likeness (QED) is 0.108. The van der Waals surface area contributed by atoms with Crippen molar-refractivity contribution >= 4 is 129 Å². The van der Waals surface area contributed by atoms with Crippen molar-refractivity contribution in [2.24, 2.45) is 0 Å². The van der Waals surface area contributed by atoms with Crippen LogP contribution in [0.25, 0.3) is 123 Å². The molecule has 0 aliphatic rings. The van der Waals surface area contributed by atoms with Gasteiger partial charge in [0.25, 0.3) is 0 Å². The molecule has 0 aliphatic carbocycles. The third kappa shape index (κ3) is 9.96. The van der Waals surface area contributed by atoms with E-state index in [-0.39, 0.29) is 5.56 Å². The summed E-state index contributed by atoms with van der Waals surface area (Å²) in [6.07, 6.45) is 11.7. The van der Waals surface area contributed by atoms with Crippen molar-refractivity contribution in [1.82, 2.24) is 19.9 Å². The van der Waals surface area contributed by atoms with Crippen LogP contribution < -0.4 is 9.80 Å². The lowest BCUT2D eigenvalue weighted by Gasteiger charge is -2.26. The van der Waals surface area contributed by atoms with Crippen LogP contribution in [0.2, 0.25) is 0 Å². The summed E-state index contributed by atoms with van der Waals surface area (Å²) >= 11 is 0. The highest BCUT2D eigenvalue weighted by molar-refractivity contribution is 6.25. The zero-order valence-electron chi connectivity index (χ0n) is 48.0. The van der Waals surface area contributed by atoms with Crippen LogP contribution in [0.1, 0.15) is 32.6 Å². The van der Waals surface area contributed by atoms with Crippen LogP contribution in [-0.4, -0.2) is 31.0 Å². The van der Waals surface area contributed by atoms with E-state index in [2.05, 4.69) is 264 Å². The van der Waals surface area contributed by atoms with Gasteiger partial charge in [0, 0.05) is 46.5 Å². The normalized spacial score (nSPS) is 11.8. The molecule has 12 aromatic carbocycles. The highest BCUT2D eigenvalue weighted by Crippen LogP contribution is 2.44. The van der Waals surface area contributed by atoms with Crippen molar-refractivity contribution in [3.05, 3.63) is 313 Å². The van der Waals surface area contributed by atoms with Crippen molar-refractivity contribution in [3.8, 4) is 34.2 Å². The molecule has 0 aliphatic heterocycles. The number of pyridine rings is 4. The molecule has 8 heteroatoms. The molecule has 16 aromatic rings. The lowest BCUT2D eigenvalue weighted by Crippen LogP contribution is -2.10. The van der Waals surface area contributed by atoms with Crippen molar-refractivity contribution < 1.29 is 9.90 Å². The maximum atomic E-state index is 12.0. The number of hydrogen-bond acceptors (Lipinski definition) is 7. The molecule has 89 heavy (non-hydrogen) atoms. The minimum atomic E-state index is -1.03. The van der Waals surface area contributed by atoms with Gasteiger partial charge in [-0.1, -0.05) is 176 Å². The predicted molar refractivity (Wildman–Crippen MR) is 368 cm³/mol. The van der Waals surface area contributed by atoms with Crippen LogP contribution in [0.4, 0.5) is 34.1 Å². The molecule has 4 aromatic heterocycles. The molecule has 1 N–H and O–H groups in total. The van der Waals surface area contributed by atoms with E-state index in [1.54, 1.807) is 0 Å². The molecule has 0 saturated heterocycles. The molecular weight excluding hydrogens is 1090 g/mol. The number of rotatable bonds is 14. The number of carboxylic acid groups (broad SMARTS) is 1. The number of benzene rings is 12. The van der Waals surface area contributed by atoms with Gasteiger partial charge in [-0.3, -0.25) is 9.97 Å². The summed E-state index contributed by atoms with van der Waals surface area (Å²) in [4.78, 5) is 36.2. The molecular formula is C81H52N6O2. The third-order valence-corrected chi connectivity index (χ3v) is 16.9. The molecule has 16 rings (SSSR count). The monoisotopic (exact) mass is 1140 g/mol. The van der Waals surface area contributed by atoms with Crippen LogP contribution >= 0.6 is 0 Å². The first-order valence-electron chi connectivity index (χ1n) is 29.7. The first-order chi connectivity index (χ1) is 43.9. The van der Waals surface area contributed by atoms with Gasteiger partial charge >= 0.3 is 5.97 Å². The van der Waals surface area contributed by atoms with Crippen LogP contribution in [0.3, 0.4) is 0 Å². The molecule has 0 amide bonds. The van der Waals surface area contributed by atoms with Gasteiger partial charge in [-0.25, -0.2) is 14.8 Å². The maximum absolute atomic E-state index is 12.0. The molecule has 0 bridgehead atoms. The van der Waals surface area contributed by atoms with Gasteiger partial charge in [-0.2, -0.15) is 0 Å². The smallest absolute Gasteiger partial charge is 0.335 e. The number of carboxylic acids is 1. The van der Waals surface area contributed by atoms with Crippen LogP contribution in [0.5, 0.6) is 0 Å². The van der Waals surface area contributed by atoms with E-state index >= 15 is 0 Å². The van der Waals surface area contributed by atoms with Crippen molar-refractivity contribution in [1.29, 1.82) is 0 Å². The molecule has 0 saturated carbocycles. The summed E-state index contributed by atoms with van der Waals surface area (Å²) in [5.74, 6) is -1.03. The Morgan fingerprint density at radius 1 is 0.281 bits per heavy atom. The lowest BCUT2D eigenvalue weighted by atomic mass is 9.93. The fraction of sp³-hybridized carbons (Fsp3) is 0. The van der Waals surface area contributed by atoms with Gasteiger partial charge in [-0.05, 0) is 208 Å². The van der Waals surface area contributed by atoms with E-state index in [4.69, 9.17) is 15.0 Å². The molecule has 0 radical (unpaired) electrons. The van der Waals surface area contributed by atoms with Gasteiger partial charge in [0.05, 0.1) is 39.7 Å². The van der Waals surface area contributed by atoms with Gasteiger partial charge in [0.2, 0.25) is 0 Å². The Labute approximate surface area is 513 Å². The Balaban J connectivity index is 0.716. The van der Waals surface area contributed by atoms with Gasteiger partial charge in [0.1, 0.15) is 0 Å². The molecule has 418 valence electrons. The molecule has 0 atom stereocenters. The summed E-state index contributed by atoms with van der Waals surface area (Å²) in [6.45, 7) is 0. The Bertz CT molecular complexity index is 5290.